The third kappa shape index (κ3) is 3.33. The molecular formula is C16H25NO. The summed E-state index contributed by atoms with van der Waals surface area (Å²) in [5, 5.41) is 10.3. The highest BCUT2D eigenvalue weighted by molar-refractivity contribution is 5.29. The third-order valence-electron chi connectivity index (χ3n) is 4.01. The number of nitrogens with zero attached hydrogens (tertiary/aromatic N) is 1. The highest BCUT2D eigenvalue weighted by Crippen LogP contribution is 2.22. The molecule has 2 heteroatoms. The summed E-state index contributed by atoms with van der Waals surface area (Å²) < 4.78 is 0. The second-order valence-electron chi connectivity index (χ2n) is 5.75. The molecule has 1 aliphatic rings. The van der Waals surface area contributed by atoms with Crippen molar-refractivity contribution in [3.8, 4) is 0 Å². The predicted molar refractivity (Wildman–Crippen MR) is 75.8 cm³/mol. The first-order valence-corrected chi connectivity index (χ1v) is 7.06. The van der Waals surface area contributed by atoms with Gasteiger partial charge in [-0.2, -0.15) is 0 Å². The SMILES string of the molecule is Cc1cc(C)cc(C(O)CCN2CCCC2C)c1. The quantitative estimate of drug-likeness (QED) is 0.883. The van der Waals surface area contributed by atoms with Crippen LogP contribution in [0.5, 0.6) is 0 Å². The van der Waals surface area contributed by atoms with Crippen molar-refractivity contribution in [3.05, 3.63) is 34.9 Å². The van der Waals surface area contributed by atoms with Crippen molar-refractivity contribution in [1.82, 2.24) is 4.90 Å². The molecule has 2 unspecified atom stereocenters. The topological polar surface area (TPSA) is 23.5 Å². The van der Waals surface area contributed by atoms with Crippen molar-refractivity contribution >= 4 is 0 Å². The van der Waals surface area contributed by atoms with Gasteiger partial charge in [0, 0.05) is 12.6 Å². The molecule has 0 radical (unpaired) electrons. The van der Waals surface area contributed by atoms with Gasteiger partial charge in [0.25, 0.3) is 0 Å². The maximum atomic E-state index is 10.3. The standard InChI is InChI=1S/C16H25NO/c1-12-9-13(2)11-15(10-12)16(18)6-8-17-7-4-5-14(17)3/h9-11,14,16,18H,4-8H2,1-3H3. The molecule has 1 aliphatic heterocycles. The van der Waals surface area contributed by atoms with Gasteiger partial charge in [0.2, 0.25) is 0 Å². The Morgan fingerprint density at radius 1 is 1.28 bits per heavy atom. The maximum absolute atomic E-state index is 10.3. The van der Waals surface area contributed by atoms with E-state index in [1.165, 1.54) is 30.5 Å². The van der Waals surface area contributed by atoms with Gasteiger partial charge < -0.3 is 10.0 Å². The second-order valence-corrected chi connectivity index (χ2v) is 5.75. The summed E-state index contributed by atoms with van der Waals surface area (Å²) in [5.41, 5.74) is 3.54. The fourth-order valence-corrected chi connectivity index (χ4v) is 2.98. The summed E-state index contributed by atoms with van der Waals surface area (Å²) >= 11 is 0. The van der Waals surface area contributed by atoms with E-state index in [0.29, 0.717) is 6.04 Å². The Hall–Kier alpha value is -0.860. The highest BCUT2D eigenvalue weighted by Gasteiger charge is 2.20. The van der Waals surface area contributed by atoms with Gasteiger partial charge in [0.15, 0.2) is 0 Å². The molecule has 0 saturated carbocycles. The number of rotatable bonds is 4. The number of benzene rings is 1. The largest absolute Gasteiger partial charge is 0.388 e. The molecule has 18 heavy (non-hydrogen) atoms. The summed E-state index contributed by atoms with van der Waals surface area (Å²) in [6.45, 7) is 8.67. The zero-order valence-corrected chi connectivity index (χ0v) is 11.8. The number of aryl methyl sites for hydroxylation is 2. The molecule has 0 bridgehead atoms. The first-order chi connectivity index (χ1) is 8.56. The van der Waals surface area contributed by atoms with Crippen molar-refractivity contribution in [2.45, 2.75) is 52.2 Å². The van der Waals surface area contributed by atoms with E-state index in [9.17, 15) is 5.11 Å². The van der Waals surface area contributed by atoms with Crippen LogP contribution in [0, 0.1) is 13.8 Å². The Morgan fingerprint density at radius 3 is 2.50 bits per heavy atom. The van der Waals surface area contributed by atoms with E-state index in [1.807, 2.05) is 0 Å². The van der Waals surface area contributed by atoms with Gasteiger partial charge in [-0.15, -0.1) is 0 Å². The van der Waals surface area contributed by atoms with E-state index < -0.39 is 0 Å². The summed E-state index contributed by atoms with van der Waals surface area (Å²) in [5.74, 6) is 0. The number of likely N-dealkylation sites (tertiary alicyclic amines) is 1. The molecule has 1 fully saturated rings. The van der Waals surface area contributed by atoms with Crippen LogP contribution in [0.2, 0.25) is 0 Å². The van der Waals surface area contributed by atoms with Gasteiger partial charge in [0.1, 0.15) is 0 Å². The van der Waals surface area contributed by atoms with E-state index in [1.54, 1.807) is 0 Å². The molecule has 1 aromatic rings. The van der Waals surface area contributed by atoms with E-state index in [2.05, 4.69) is 43.9 Å². The smallest absolute Gasteiger partial charge is 0.0802 e. The van der Waals surface area contributed by atoms with Gasteiger partial charge in [-0.3, -0.25) is 0 Å². The van der Waals surface area contributed by atoms with E-state index in [4.69, 9.17) is 0 Å². The van der Waals surface area contributed by atoms with Crippen LogP contribution in [0.1, 0.15) is 49.0 Å². The molecule has 1 heterocycles. The summed E-state index contributed by atoms with van der Waals surface area (Å²) in [7, 11) is 0. The maximum Gasteiger partial charge on any atom is 0.0802 e. The van der Waals surface area contributed by atoms with Gasteiger partial charge >= 0.3 is 0 Å². The molecular weight excluding hydrogens is 222 g/mol. The summed E-state index contributed by atoms with van der Waals surface area (Å²) in [4.78, 5) is 2.49. The van der Waals surface area contributed by atoms with Crippen LogP contribution in [0.25, 0.3) is 0 Å². The third-order valence-corrected chi connectivity index (χ3v) is 4.01. The molecule has 1 saturated heterocycles. The molecule has 2 rings (SSSR count). The molecule has 0 amide bonds. The molecule has 1 N–H and O–H groups in total. The lowest BCUT2D eigenvalue weighted by atomic mass is 10.0. The van der Waals surface area contributed by atoms with Crippen LogP contribution in [-0.2, 0) is 0 Å². The van der Waals surface area contributed by atoms with Crippen LogP contribution in [0.3, 0.4) is 0 Å². The molecule has 0 aliphatic carbocycles. The summed E-state index contributed by atoms with van der Waals surface area (Å²) in [6.07, 6.45) is 3.13. The fourth-order valence-electron chi connectivity index (χ4n) is 2.98. The average Bonchev–Trinajstić information content (AvgIpc) is 2.70. The molecule has 2 atom stereocenters. The van der Waals surface area contributed by atoms with E-state index >= 15 is 0 Å². The zero-order valence-electron chi connectivity index (χ0n) is 11.8. The van der Waals surface area contributed by atoms with Gasteiger partial charge in [-0.25, -0.2) is 0 Å². The predicted octanol–water partition coefficient (Wildman–Crippen LogP) is 3.21. The van der Waals surface area contributed by atoms with Crippen molar-refractivity contribution in [3.63, 3.8) is 0 Å². The van der Waals surface area contributed by atoms with Crippen LogP contribution < -0.4 is 0 Å². The Kier molecular flexibility index (Phi) is 4.41. The number of aliphatic hydroxyl groups excluding tert-OH is 1. The van der Waals surface area contributed by atoms with Crippen LogP contribution in [-0.4, -0.2) is 29.1 Å². The molecule has 2 nitrogen and oxygen atoms in total. The normalized spacial score (nSPS) is 22.3. The molecule has 1 aromatic carbocycles. The van der Waals surface area contributed by atoms with Crippen molar-refractivity contribution < 1.29 is 5.11 Å². The molecule has 0 spiro atoms. The van der Waals surface area contributed by atoms with Gasteiger partial charge in [-0.05, 0) is 52.1 Å². The molecule has 100 valence electrons. The number of hydrogen-bond acceptors (Lipinski definition) is 2. The zero-order chi connectivity index (χ0) is 13.1. The van der Waals surface area contributed by atoms with Crippen molar-refractivity contribution in [1.29, 1.82) is 0 Å². The minimum atomic E-state index is -0.323. The van der Waals surface area contributed by atoms with Crippen molar-refractivity contribution in [2.75, 3.05) is 13.1 Å². The lowest BCUT2D eigenvalue weighted by molar-refractivity contribution is 0.140. The van der Waals surface area contributed by atoms with Crippen LogP contribution >= 0.6 is 0 Å². The molecule has 0 aromatic heterocycles. The first-order valence-electron chi connectivity index (χ1n) is 7.06. The van der Waals surface area contributed by atoms with Crippen LogP contribution in [0.4, 0.5) is 0 Å². The minimum Gasteiger partial charge on any atom is -0.388 e. The second kappa shape index (κ2) is 5.85. The lowest BCUT2D eigenvalue weighted by Gasteiger charge is -2.22. The highest BCUT2D eigenvalue weighted by atomic mass is 16.3. The Labute approximate surface area is 111 Å². The monoisotopic (exact) mass is 247 g/mol. The Morgan fingerprint density at radius 2 is 1.94 bits per heavy atom. The average molecular weight is 247 g/mol. The van der Waals surface area contributed by atoms with Crippen LogP contribution in [0.15, 0.2) is 18.2 Å². The van der Waals surface area contributed by atoms with Crippen molar-refractivity contribution in [2.24, 2.45) is 0 Å². The summed E-state index contributed by atoms with van der Waals surface area (Å²) in [6, 6.07) is 7.05. The number of hydrogen-bond donors (Lipinski definition) is 1. The van der Waals surface area contributed by atoms with Gasteiger partial charge in [0.05, 0.1) is 6.10 Å². The van der Waals surface area contributed by atoms with E-state index in [0.717, 1.165) is 18.5 Å². The Balaban J connectivity index is 1.92. The van der Waals surface area contributed by atoms with E-state index in [-0.39, 0.29) is 6.10 Å². The van der Waals surface area contributed by atoms with Gasteiger partial charge in [-0.1, -0.05) is 29.3 Å². The minimum absolute atomic E-state index is 0.323. The number of aliphatic hydroxyl groups is 1. The first kappa shape index (κ1) is 13.6. The Bertz CT molecular complexity index is 382. The fraction of sp³-hybridized carbons (Fsp3) is 0.625. The lowest BCUT2D eigenvalue weighted by Crippen LogP contribution is -2.28.